The molecule has 1 unspecified atom stereocenters. The second kappa shape index (κ2) is 7.70. The number of hydrogen-bond donors (Lipinski definition) is 2. The monoisotopic (exact) mass is 376 g/mol. The molecule has 1 saturated carbocycles. The lowest BCUT2D eigenvalue weighted by atomic mass is 9.91. The summed E-state index contributed by atoms with van der Waals surface area (Å²) < 4.78 is 0. The highest BCUT2D eigenvalue weighted by molar-refractivity contribution is 8.00. The molecule has 140 valence electrons. The molecule has 26 heavy (non-hydrogen) atoms. The summed E-state index contributed by atoms with van der Waals surface area (Å²) in [6, 6.07) is 7.58. The molecule has 1 aromatic carbocycles. The van der Waals surface area contributed by atoms with Crippen LogP contribution in [0.15, 0.2) is 24.3 Å². The summed E-state index contributed by atoms with van der Waals surface area (Å²) in [6.07, 6.45) is 2.29. The number of thioether (sulfide) groups is 1. The number of aliphatic carboxylic acids is 1. The number of amides is 2. The first-order valence-electron chi connectivity index (χ1n) is 8.84. The van der Waals surface area contributed by atoms with Crippen LogP contribution < -0.4 is 5.32 Å². The summed E-state index contributed by atoms with van der Waals surface area (Å²) in [6.45, 7) is 3.23. The van der Waals surface area contributed by atoms with E-state index in [9.17, 15) is 14.4 Å². The highest BCUT2D eigenvalue weighted by atomic mass is 32.2. The number of benzene rings is 1. The quantitative estimate of drug-likeness (QED) is 0.796. The summed E-state index contributed by atoms with van der Waals surface area (Å²) >= 11 is 1.31. The largest absolute Gasteiger partial charge is 0.481 e. The first-order chi connectivity index (χ1) is 12.4. The van der Waals surface area contributed by atoms with Gasteiger partial charge in [-0.2, -0.15) is 0 Å². The van der Waals surface area contributed by atoms with E-state index in [2.05, 4.69) is 5.32 Å². The fraction of sp³-hybridized carbons (Fsp3) is 0.526. The molecule has 0 aromatic heterocycles. The van der Waals surface area contributed by atoms with Gasteiger partial charge in [-0.05, 0) is 43.7 Å². The van der Waals surface area contributed by atoms with Crippen molar-refractivity contribution in [2.75, 3.05) is 29.9 Å². The predicted octanol–water partition coefficient (Wildman–Crippen LogP) is 2.38. The number of carbonyl (C=O) groups is 3. The molecule has 1 heterocycles. The van der Waals surface area contributed by atoms with E-state index < -0.39 is 5.97 Å². The van der Waals surface area contributed by atoms with Gasteiger partial charge >= 0.3 is 5.97 Å². The highest BCUT2D eigenvalue weighted by Crippen LogP contribution is 2.59. The minimum absolute atomic E-state index is 0.0283. The Morgan fingerprint density at radius 1 is 1.19 bits per heavy atom. The molecular weight excluding hydrogens is 352 g/mol. The Morgan fingerprint density at radius 2 is 1.85 bits per heavy atom. The number of rotatable bonds is 6. The average Bonchev–Trinajstić information content (AvgIpc) is 3.31. The normalized spacial score (nSPS) is 20.7. The zero-order valence-corrected chi connectivity index (χ0v) is 15.7. The van der Waals surface area contributed by atoms with Gasteiger partial charge in [0.25, 0.3) is 0 Å². The van der Waals surface area contributed by atoms with E-state index in [4.69, 9.17) is 5.11 Å². The van der Waals surface area contributed by atoms with Crippen molar-refractivity contribution in [1.82, 2.24) is 4.90 Å². The molecule has 1 saturated heterocycles. The van der Waals surface area contributed by atoms with E-state index in [0.29, 0.717) is 13.1 Å². The number of hydrogen-bond acceptors (Lipinski definition) is 4. The number of nitrogens with zero attached hydrogens (tertiary/aromatic N) is 1. The summed E-state index contributed by atoms with van der Waals surface area (Å²) in [7, 11) is 0. The van der Waals surface area contributed by atoms with Gasteiger partial charge < -0.3 is 15.3 Å². The predicted molar refractivity (Wildman–Crippen MR) is 101 cm³/mol. The van der Waals surface area contributed by atoms with Crippen molar-refractivity contribution in [2.45, 2.75) is 26.2 Å². The summed E-state index contributed by atoms with van der Waals surface area (Å²) in [4.78, 5) is 37.1. The second-order valence-electron chi connectivity index (χ2n) is 7.25. The van der Waals surface area contributed by atoms with Crippen LogP contribution in [0.3, 0.4) is 0 Å². The number of carbonyl (C=O) groups excluding carboxylic acids is 2. The van der Waals surface area contributed by atoms with Gasteiger partial charge in [0.1, 0.15) is 0 Å². The van der Waals surface area contributed by atoms with E-state index in [1.807, 2.05) is 31.2 Å². The molecule has 1 aliphatic carbocycles. The maximum Gasteiger partial charge on any atom is 0.307 e. The first kappa shape index (κ1) is 18.8. The molecule has 2 amide bonds. The minimum Gasteiger partial charge on any atom is -0.481 e. The number of nitrogens with one attached hydrogen (secondary N) is 1. The van der Waals surface area contributed by atoms with E-state index >= 15 is 0 Å². The lowest BCUT2D eigenvalue weighted by molar-refractivity contribution is -0.139. The Labute approximate surface area is 157 Å². The summed E-state index contributed by atoms with van der Waals surface area (Å²) in [5.74, 6) is -0.513. The van der Waals surface area contributed by atoms with Gasteiger partial charge in [0.15, 0.2) is 0 Å². The van der Waals surface area contributed by atoms with Crippen LogP contribution in [0.4, 0.5) is 5.69 Å². The molecule has 2 fully saturated rings. The van der Waals surface area contributed by atoms with Gasteiger partial charge in [0, 0.05) is 18.8 Å². The van der Waals surface area contributed by atoms with Crippen LogP contribution in [0.25, 0.3) is 0 Å². The number of anilines is 1. The SMILES string of the molecule is Cc1ccc(NC(=O)CSCC(=O)N2CCC3(CC2)CC3C(=O)O)cc1. The molecule has 1 aromatic rings. The van der Waals surface area contributed by atoms with Gasteiger partial charge in [0.2, 0.25) is 11.8 Å². The van der Waals surface area contributed by atoms with Crippen LogP contribution in [0, 0.1) is 18.3 Å². The minimum atomic E-state index is -0.708. The average molecular weight is 376 g/mol. The smallest absolute Gasteiger partial charge is 0.307 e. The molecule has 1 spiro atoms. The van der Waals surface area contributed by atoms with Crippen LogP contribution in [0.5, 0.6) is 0 Å². The lowest BCUT2D eigenvalue weighted by Gasteiger charge is -2.32. The Bertz CT molecular complexity index is 696. The molecule has 2 aliphatic rings. The van der Waals surface area contributed by atoms with Crippen molar-refractivity contribution >= 4 is 35.2 Å². The number of carboxylic acids is 1. The third-order valence-corrected chi connectivity index (χ3v) is 6.31. The van der Waals surface area contributed by atoms with Gasteiger partial charge in [-0.25, -0.2) is 0 Å². The number of carboxylic acid groups (broad SMARTS) is 1. The molecule has 3 rings (SSSR count). The molecular formula is C19H24N2O4S. The van der Waals surface area contributed by atoms with Gasteiger partial charge in [-0.15, -0.1) is 11.8 Å². The van der Waals surface area contributed by atoms with E-state index in [0.717, 1.165) is 30.5 Å². The molecule has 1 aliphatic heterocycles. The lowest BCUT2D eigenvalue weighted by Crippen LogP contribution is -2.41. The second-order valence-corrected chi connectivity index (χ2v) is 8.23. The number of likely N-dealkylation sites (tertiary alicyclic amines) is 1. The zero-order chi connectivity index (χ0) is 18.7. The zero-order valence-electron chi connectivity index (χ0n) is 14.9. The third-order valence-electron chi connectivity index (χ3n) is 5.39. The van der Waals surface area contributed by atoms with Crippen molar-refractivity contribution in [2.24, 2.45) is 11.3 Å². The molecule has 7 heteroatoms. The Balaban J connectivity index is 1.35. The Kier molecular flexibility index (Phi) is 5.55. The van der Waals surface area contributed by atoms with Crippen molar-refractivity contribution in [3.63, 3.8) is 0 Å². The molecule has 0 radical (unpaired) electrons. The van der Waals surface area contributed by atoms with Gasteiger partial charge in [0.05, 0.1) is 17.4 Å². The Morgan fingerprint density at radius 3 is 2.42 bits per heavy atom. The Hall–Kier alpha value is -2.02. The maximum atomic E-state index is 12.3. The van der Waals surface area contributed by atoms with Crippen LogP contribution in [-0.2, 0) is 14.4 Å². The molecule has 0 bridgehead atoms. The van der Waals surface area contributed by atoms with Crippen LogP contribution in [0.1, 0.15) is 24.8 Å². The number of aryl methyl sites for hydroxylation is 1. The van der Waals surface area contributed by atoms with Crippen molar-refractivity contribution < 1.29 is 19.5 Å². The highest BCUT2D eigenvalue weighted by Gasteiger charge is 2.59. The topological polar surface area (TPSA) is 86.7 Å². The van der Waals surface area contributed by atoms with Crippen LogP contribution in [-0.4, -0.2) is 52.4 Å². The van der Waals surface area contributed by atoms with Crippen molar-refractivity contribution in [3.8, 4) is 0 Å². The standard InChI is InChI=1S/C19H24N2O4S/c1-13-2-4-14(5-3-13)20-16(22)11-26-12-17(23)21-8-6-19(7-9-21)10-15(19)18(24)25/h2-5,15H,6-12H2,1H3,(H,20,22)(H,24,25). The molecule has 1 atom stereocenters. The fourth-order valence-corrected chi connectivity index (χ4v) is 4.32. The van der Waals surface area contributed by atoms with Crippen molar-refractivity contribution in [1.29, 1.82) is 0 Å². The van der Waals surface area contributed by atoms with Gasteiger partial charge in [-0.1, -0.05) is 17.7 Å². The maximum absolute atomic E-state index is 12.3. The third kappa shape index (κ3) is 4.38. The first-order valence-corrected chi connectivity index (χ1v) is 10.00. The van der Waals surface area contributed by atoms with Crippen LogP contribution in [0.2, 0.25) is 0 Å². The number of piperidine rings is 1. The summed E-state index contributed by atoms with van der Waals surface area (Å²) in [5.41, 5.74) is 1.82. The fourth-order valence-electron chi connectivity index (χ4n) is 3.61. The van der Waals surface area contributed by atoms with Gasteiger partial charge in [-0.3, -0.25) is 14.4 Å². The van der Waals surface area contributed by atoms with E-state index in [-0.39, 0.29) is 34.7 Å². The van der Waals surface area contributed by atoms with E-state index in [1.165, 1.54) is 11.8 Å². The van der Waals surface area contributed by atoms with Crippen molar-refractivity contribution in [3.05, 3.63) is 29.8 Å². The summed E-state index contributed by atoms with van der Waals surface area (Å²) in [5, 5.41) is 11.9. The van der Waals surface area contributed by atoms with Crippen LogP contribution >= 0.6 is 11.8 Å². The molecule has 2 N–H and O–H groups in total. The van der Waals surface area contributed by atoms with E-state index in [1.54, 1.807) is 4.90 Å². The molecule has 6 nitrogen and oxygen atoms in total.